The van der Waals surface area contributed by atoms with Gasteiger partial charge in [0, 0.05) is 14.1 Å². The quantitative estimate of drug-likeness (QED) is 0.268. The third-order valence-corrected chi connectivity index (χ3v) is 8.35. The van der Waals surface area contributed by atoms with Gasteiger partial charge in [0.2, 0.25) is 5.96 Å². The van der Waals surface area contributed by atoms with Gasteiger partial charge in [-0.15, -0.1) is 4.99 Å². The number of carbonyl (C=O) groups is 3. The number of hydrogen-bond acceptors (Lipinski definition) is 6. The fourth-order valence-corrected chi connectivity index (χ4v) is 6.05. The maximum atomic E-state index is 13.6. The molecule has 1 saturated heterocycles. The van der Waals surface area contributed by atoms with Gasteiger partial charge >= 0.3 is 39.4 Å². The van der Waals surface area contributed by atoms with Gasteiger partial charge in [0.1, 0.15) is 17.0 Å². The Hall–Kier alpha value is -3.55. The van der Waals surface area contributed by atoms with Gasteiger partial charge in [-0.3, -0.25) is 0 Å². The van der Waals surface area contributed by atoms with Gasteiger partial charge in [0.25, 0.3) is 0 Å². The van der Waals surface area contributed by atoms with Gasteiger partial charge < -0.3 is 28.9 Å². The second kappa shape index (κ2) is 13.6. The lowest BCUT2D eigenvalue weighted by atomic mass is 10.2. The summed E-state index contributed by atoms with van der Waals surface area (Å²) in [4.78, 5) is 49.2. The molecule has 0 spiro atoms. The molecule has 0 aromatic heterocycles. The Labute approximate surface area is 258 Å². The van der Waals surface area contributed by atoms with Gasteiger partial charge in [0.05, 0.1) is 27.0 Å². The highest BCUT2D eigenvalue weighted by Gasteiger charge is 2.35. The van der Waals surface area contributed by atoms with Crippen molar-refractivity contribution >= 4 is 24.2 Å². The van der Waals surface area contributed by atoms with Crippen molar-refractivity contribution in [3.05, 3.63) is 61.2 Å². The molecule has 11 nitrogen and oxygen atoms in total. The van der Waals surface area contributed by atoms with Gasteiger partial charge in [0.15, 0.2) is 7.14 Å². The van der Waals surface area contributed by atoms with E-state index < -0.39 is 44.6 Å². The molecule has 12 heteroatoms. The third kappa shape index (κ3) is 9.78. The molecule has 42 heavy (non-hydrogen) atoms. The number of halogens is 1. The number of hydrogen-bond donors (Lipinski definition) is 0. The van der Waals surface area contributed by atoms with Crippen LogP contribution in [0.25, 0.3) is 0 Å². The Kier molecular flexibility index (Phi) is 10.7. The molecule has 1 fully saturated rings. The Morgan fingerprint density at radius 3 is 1.83 bits per heavy atom. The van der Waals surface area contributed by atoms with Crippen molar-refractivity contribution < 1.29 is 49.8 Å². The maximum absolute atomic E-state index is 13.6. The minimum absolute atomic E-state index is 0.0273. The highest BCUT2D eigenvalue weighted by Crippen LogP contribution is 2.19. The summed E-state index contributed by atoms with van der Waals surface area (Å²) in [6.07, 6.45) is -1.53. The SMILES string of the molecule is COc1ccc([I+]c2ccc(CN(C(=O)OC(C)(C)C)/C(=N\C(=O)OC(C)(C)C)N3CN(C)C(=O)N(C)C3)cc2)cc1. The predicted octanol–water partition coefficient (Wildman–Crippen LogP) is 2.07. The highest BCUT2D eigenvalue weighted by molar-refractivity contribution is 5.99. The van der Waals surface area contributed by atoms with Gasteiger partial charge in [-0.2, -0.15) is 0 Å². The molecule has 0 bridgehead atoms. The molecule has 4 amide bonds. The molecule has 1 aliphatic rings. The summed E-state index contributed by atoms with van der Waals surface area (Å²) in [5.41, 5.74) is -0.781. The topological polar surface area (TPSA) is 104 Å². The molecule has 0 aliphatic carbocycles. The molecule has 0 atom stereocenters. The van der Waals surface area contributed by atoms with Crippen LogP contribution < -0.4 is 25.9 Å². The van der Waals surface area contributed by atoms with E-state index >= 15 is 0 Å². The number of ether oxygens (including phenoxy) is 3. The van der Waals surface area contributed by atoms with Crippen LogP contribution in [0.3, 0.4) is 0 Å². The summed E-state index contributed by atoms with van der Waals surface area (Å²) in [5, 5.41) is 0. The molecule has 0 radical (unpaired) electrons. The van der Waals surface area contributed by atoms with Crippen molar-refractivity contribution in [1.29, 1.82) is 0 Å². The van der Waals surface area contributed by atoms with Crippen LogP contribution in [-0.4, -0.2) is 89.5 Å². The summed E-state index contributed by atoms with van der Waals surface area (Å²) in [5.74, 6) is 0.846. The van der Waals surface area contributed by atoms with Crippen molar-refractivity contribution in [2.24, 2.45) is 4.99 Å². The second-order valence-electron chi connectivity index (χ2n) is 11.8. The van der Waals surface area contributed by atoms with E-state index in [2.05, 4.69) is 17.1 Å². The Morgan fingerprint density at radius 1 is 0.857 bits per heavy atom. The molecule has 3 rings (SSSR count). The Balaban J connectivity index is 1.96. The number of aliphatic imine (C=N–C) groups is 1. The third-order valence-electron chi connectivity index (χ3n) is 5.66. The van der Waals surface area contributed by atoms with Crippen LogP contribution in [0.1, 0.15) is 47.1 Å². The summed E-state index contributed by atoms with van der Waals surface area (Å²) in [7, 11) is 4.92. The minimum atomic E-state index is -0.854. The number of carbonyl (C=O) groups excluding carboxylic acids is 3. The summed E-state index contributed by atoms with van der Waals surface area (Å²) >= 11 is -0.416. The zero-order valence-corrected chi connectivity index (χ0v) is 28.0. The number of methoxy groups -OCH3 is 1. The summed E-state index contributed by atoms with van der Waals surface area (Å²) < 4.78 is 18.9. The van der Waals surface area contributed by atoms with Crippen LogP contribution in [0.15, 0.2) is 53.5 Å². The molecule has 228 valence electrons. The first-order valence-corrected chi connectivity index (χ1v) is 15.6. The molecule has 1 aliphatic heterocycles. The standard InChI is InChI=1S/C30H41IN5O6/c1-29(2,3)41-26(37)32-25(35-19-33(7)27(38)34(8)20-35)36(28(39)42-30(4,5)6)18-21-10-12-22(13-11-21)31-23-14-16-24(40-9)17-15-23/h10-17H,18-20H2,1-9H3/q+1/b32-25-. The number of urea groups is 1. The van der Waals surface area contributed by atoms with E-state index in [9.17, 15) is 14.4 Å². The van der Waals surface area contributed by atoms with E-state index in [1.807, 2.05) is 36.4 Å². The Morgan fingerprint density at radius 2 is 1.36 bits per heavy atom. The predicted molar refractivity (Wildman–Crippen MR) is 155 cm³/mol. The first kappa shape index (κ1) is 33.0. The monoisotopic (exact) mass is 694 g/mol. The smallest absolute Gasteiger partial charge is 0.437 e. The van der Waals surface area contributed by atoms with Crippen molar-refractivity contribution in [2.75, 3.05) is 34.5 Å². The summed E-state index contributed by atoms with van der Waals surface area (Å²) in [6, 6.07) is 15.9. The molecule has 2 aromatic rings. The molecule has 0 unspecified atom stereocenters. The number of rotatable bonds is 5. The molecule has 1 heterocycles. The lowest BCUT2D eigenvalue weighted by molar-refractivity contribution is -0.597. The average Bonchev–Trinajstić information content (AvgIpc) is 2.88. The Bertz CT molecular complexity index is 1270. The van der Waals surface area contributed by atoms with E-state index in [1.165, 1.54) is 21.8 Å². The van der Waals surface area contributed by atoms with Crippen molar-refractivity contribution in [3.63, 3.8) is 0 Å². The number of amides is 4. The van der Waals surface area contributed by atoms with Crippen LogP contribution >= 0.6 is 0 Å². The molecular formula is C30H41IN5O6+. The number of benzene rings is 2. The van der Waals surface area contributed by atoms with E-state index in [-0.39, 0.29) is 31.9 Å². The van der Waals surface area contributed by atoms with Crippen LogP contribution in [0, 0.1) is 7.14 Å². The van der Waals surface area contributed by atoms with Crippen molar-refractivity contribution in [2.45, 2.75) is 59.3 Å². The van der Waals surface area contributed by atoms with Gasteiger partial charge in [-0.05, 0) is 83.5 Å². The lowest BCUT2D eigenvalue weighted by Gasteiger charge is -2.42. The van der Waals surface area contributed by atoms with E-state index in [0.29, 0.717) is 0 Å². The van der Waals surface area contributed by atoms with Crippen LogP contribution in [0.5, 0.6) is 5.75 Å². The minimum Gasteiger partial charge on any atom is -0.497 e. The zero-order chi connectivity index (χ0) is 31.2. The molecular weight excluding hydrogens is 653 g/mol. The van der Waals surface area contributed by atoms with E-state index in [4.69, 9.17) is 14.2 Å². The van der Waals surface area contributed by atoms with Crippen molar-refractivity contribution in [1.82, 2.24) is 19.6 Å². The van der Waals surface area contributed by atoms with E-state index in [1.54, 1.807) is 67.6 Å². The molecule has 0 saturated carbocycles. The van der Waals surface area contributed by atoms with Crippen LogP contribution in [0.2, 0.25) is 0 Å². The van der Waals surface area contributed by atoms with E-state index in [0.717, 1.165) is 11.3 Å². The van der Waals surface area contributed by atoms with Crippen LogP contribution in [-0.2, 0) is 16.0 Å². The van der Waals surface area contributed by atoms with Gasteiger partial charge in [-0.1, -0.05) is 12.1 Å². The van der Waals surface area contributed by atoms with Gasteiger partial charge in [-0.25, -0.2) is 19.3 Å². The zero-order valence-electron chi connectivity index (χ0n) is 25.8. The van der Waals surface area contributed by atoms with Crippen LogP contribution in [0.4, 0.5) is 14.4 Å². The van der Waals surface area contributed by atoms with Crippen molar-refractivity contribution in [3.8, 4) is 5.75 Å². The summed E-state index contributed by atoms with van der Waals surface area (Å²) in [6.45, 7) is 10.8. The molecule has 2 aromatic carbocycles. The first-order chi connectivity index (χ1) is 19.5. The fraction of sp³-hybridized carbons (Fsp3) is 0.467. The first-order valence-electron chi connectivity index (χ1n) is 13.5. The highest BCUT2D eigenvalue weighted by atomic mass is 127. The average molecular weight is 695 g/mol. The fourth-order valence-electron chi connectivity index (χ4n) is 3.89. The largest absolute Gasteiger partial charge is 0.497 e. The number of guanidine groups is 1. The normalized spacial score (nSPS) is 14.5. The lowest BCUT2D eigenvalue weighted by Crippen LogP contribution is -3.61. The molecule has 0 N–H and O–H groups in total. The number of nitrogens with zero attached hydrogens (tertiary/aromatic N) is 5. The second-order valence-corrected chi connectivity index (χ2v) is 14.9. The maximum Gasteiger partial charge on any atom is 0.437 e.